The molecule has 0 unspecified atom stereocenters. The maximum Gasteiger partial charge on any atom is 0.573 e. The molecule has 1 fully saturated rings. The van der Waals surface area contributed by atoms with Crippen molar-refractivity contribution < 1.29 is 27.4 Å². The van der Waals surface area contributed by atoms with Crippen LogP contribution in [0.4, 0.5) is 23.8 Å². The minimum absolute atomic E-state index is 0.208. The molecule has 1 aliphatic rings. The summed E-state index contributed by atoms with van der Waals surface area (Å²) in [4.78, 5) is 26.2. The smallest absolute Gasteiger partial charge is 0.444 e. The lowest BCUT2D eigenvalue weighted by molar-refractivity contribution is -0.274. The number of benzene rings is 1. The van der Waals surface area contributed by atoms with E-state index in [9.17, 15) is 18.0 Å². The maximum atomic E-state index is 13.0. The summed E-state index contributed by atoms with van der Waals surface area (Å²) in [6.45, 7) is 20.9. The first-order chi connectivity index (χ1) is 21.3. The molecule has 250 valence electrons. The molecule has 8 nitrogen and oxygen atoms in total. The average molecular weight is 678 g/mol. The van der Waals surface area contributed by atoms with Crippen LogP contribution in [0.15, 0.2) is 30.3 Å². The zero-order valence-electron chi connectivity index (χ0n) is 27.9. The van der Waals surface area contributed by atoms with Crippen molar-refractivity contribution in [2.75, 3.05) is 31.1 Å². The fourth-order valence-electron chi connectivity index (χ4n) is 6.33. The predicted molar refractivity (Wildman–Crippen MR) is 179 cm³/mol. The van der Waals surface area contributed by atoms with Gasteiger partial charge in [0.2, 0.25) is 0 Å². The van der Waals surface area contributed by atoms with E-state index in [0.717, 1.165) is 0 Å². The Hall–Kier alpha value is -3.43. The van der Waals surface area contributed by atoms with Crippen LogP contribution in [0.25, 0.3) is 16.9 Å². The largest absolute Gasteiger partial charge is 0.573 e. The van der Waals surface area contributed by atoms with Gasteiger partial charge in [-0.1, -0.05) is 53.1 Å². The molecule has 0 saturated carbocycles. The first-order valence-corrected chi connectivity index (χ1v) is 18.1. The van der Waals surface area contributed by atoms with Crippen LogP contribution in [0.1, 0.15) is 68.1 Å². The molecular weight excluding hydrogens is 635 g/mol. The predicted octanol–water partition coefficient (Wildman–Crippen LogP) is 8.60. The normalized spacial score (nSPS) is 14.7. The average Bonchev–Trinajstić information content (AvgIpc) is 3.30. The molecule has 4 rings (SSSR count). The standard InChI is InChI=1S/C33H43ClF3N5O3Si/c1-21(2)46(22(3)4,23(5)6)19-14-29-38-26-11-13-28(40-15-17-41(18-16-40)31(43)45-32(7,8)9)39-30(26)42(29)24-10-12-27(25(34)20-24)44-33(35,36)37/h10-13,20-23H,15-18H2,1-9H3. The molecule has 0 bridgehead atoms. The molecule has 3 aromatic rings. The van der Waals surface area contributed by atoms with Crippen LogP contribution in [0.2, 0.25) is 21.6 Å². The third kappa shape index (κ3) is 7.74. The zero-order chi connectivity index (χ0) is 34.2. The summed E-state index contributed by atoms with van der Waals surface area (Å²) >= 11 is 6.30. The second-order valence-electron chi connectivity index (χ2n) is 13.5. The Morgan fingerprint density at radius 2 is 1.54 bits per heavy atom. The van der Waals surface area contributed by atoms with Crippen molar-refractivity contribution in [2.45, 2.75) is 90.9 Å². The Kier molecular flexibility index (Phi) is 10.3. The zero-order valence-corrected chi connectivity index (χ0v) is 29.7. The van der Waals surface area contributed by atoms with Gasteiger partial charge in [-0.05, 0) is 73.6 Å². The van der Waals surface area contributed by atoms with Crippen LogP contribution in [0, 0.1) is 11.5 Å². The second-order valence-corrected chi connectivity index (χ2v) is 19.5. The number of ether oxygens (including phenoxy) is 2. The molecule has 0 spiro atoms. The van der Waals surface area contributed by atoms with Gasteiger partial charge in [-0.3, -0.25) is 4.57 Å². The van der Waals surface area contributed by atoms with Crippen LogP contribution in [0.5, 0.6) is 5.75 Å². The van der Waals surface area contributed by atoms with Gasteiger partial charge in [-0.15, -0.1) is 18.7 Å². The molecule has 3 heterocycles. The van der Waals surface area contributed by atoms with E-state index in [1.165, 1.54) is 18.2 Å². The highest BCUT2D eigenvalue weighted by molar-refractivity contribution is 6.90. The summed E-state index contributed by atoms with van der Waals surface area (Å²) in [5.74, 6) is 3.99. The molecule has 0 aliphatic carbocycles. The quantitative estimate of drug-likeness (QED) is 0.192. The molecular formula is C33H43ClF3N5O3Si. The topological polar surface area (TPSA) is 72.7 Å². The Labute approximate surface area is 275 Å². The Bertz CT molecular complexity index is 1610. The molecule has 0 atom stereocenters. The van der Waals surface area contributed by atoms with Crippen molar-refractivity contribution in [3.8, 4) is 22.9 Å². The van der Waals surface area contributed by atoms with Gasteiger partial charge >= 0.3 is 12.5 Å². The first-order valence-electron chi connectivity index (χ1n) is 15.5. The molecule has 13 heteroatoms. The van der Waals surface area contributed by atoms with E-state index in [4.69, 9.17) is 26.3 Å². The number of hydrogen-bond donors (Lipinski definition) is 0. The molecule has 1 amide bonds. The number of carbonyl (C=O) groups is 1. The number of alkyl halides is 3. The van der Waals surface area contributed by atoms with Crippen molar-refractivity contribution >= 4 is 42.7 Å². The fraction of sp³-hybridized carbons (Fsp3) is 0.545. The van der Waals surface area contributed by atoms with Gasteiger partial charge in [0.1, 0.15) is 30.8 Å². The summed E-state index contributed by atoms with van der Waals surface area (Å²) in [6, 6.07) is 7.82. The van der Waals surface area contributed by atoms with Crippen molar-refractivity contribution in [1.29, 1.82) is 0 Å². The number of halogens is 4. The molecule has 1 aromatic carbocycles. The first kappa shape index (κ1) is 35.4. The summed E-state index contributed by atoms with van der Waals surface area (Å²) < 4.78 is 50.3. The monoisotopic (exact) mass is 677 g/mol. The lowest BCUT2D eigenvalue weighted by Crippen LogP contribution is -2.50. The van der Waals surface area contributed by atoms with Gasteiger partial charge in [0.15, 0.2) is 11.5 Å². The number of fused-ring (bicyclic) bond motifs is 1. The summed E-state index contributed by atoms with van der Waals surface area (Å²) in [5, 5.41) is -0.208. The van der Waals surface area contributed by atoms with Gasteiger partial charge in [0.25, 0.3) is 0 Å². The van der Waals surface area contributed by atoms with E-state index >= 15 is 0 Å². The van der Waals surface area contributed by atoms with E-state index in [1.807, 2.05) is 32.9 Å². The van der Waals surface area contributed by atoms with E-state index in [0.29, 0.717) is 71.3 Å². The number of rotatable bonds is 6. The van der Waals surface area contributed by atoms with E-state index in [2.05, 4.69) is 62.6 Å². The minimum atomic E-state index is -4.88. The third-order valence-corrected chi connectivity index (χ3v) is 15.0. The van der Waals surface area contributed by atoms with Crippen molar-refractivity contribution in [2.24, 2.45) is 0 Å². The highest BCUT2D eigenvalue weighted by Crippen LogP contribution is 2.41. The van der Waals surface area contributed by atoms with Gasteiger partial charge in [0.05, 0.1) is 10.7 Å². The second kappa shape index (κ2) is 13.4. The van der Waals surface area contributed by atoms with Crippen LogP contribution in [0.3, 0.4) is 0 Å². The number of anilines is 1. The highest BCUT2D eigenvalue weighted by Gasteiger charge is 2.42. The summed E-state index contributed by atoms with van der Waals surface area (Å²) in [5.41, 5.74) is 5.79. The number of imidazole rings is 1. The van der Waals surface area contributed by atoms with Crippen molar-refractivity contribution in [3.05, 3.63) is 41.2 Å². The van der Waals surface area contributed by atoms with Gasteiger partial charge in [0, 0.05) is 26.2 Å². The van der Waals surface area contributed by atoms with Crippen molar-refractivity contribution in [3.63, 3.8) is 0 Å². The molecule has 46 heavy (non-hydrogen) atoms. The van der Waals surface area contributed by atoms with Crippen LogP contribution < -0.4 is 9.64 Å². The number of carbonyl (C=O) groups excluding carboxylic acids is 1. The van der Waals surface area contributed by atoms with Crippen LogP contribution >= 0.6 is 11.6 Å². The molecule has 1 saturated heterocycles. The minimum Gasteiger partial charge on any atom is -0.444 e. The summed E-state index contributed by atoms with van der Waals surface area (Å²) in [6.07, 6.45) is -5.23. The lowest BCUT2D eigenvalue weighted by atomic mass is 10.2. The van der Waals surface area contributed by atoms with Crippen LogP contribution in [-0.2, 0) is 4.74 Å². The molecule has 0 N–H and O–H groups in total. The number of nitrogens with zero attached hydrogens (tertiary/aromatic N) is 5. The number of pyridine rings is 1. The SMILES string of the molecule is CC(C)[Si](C#Cc1nc2ccc(N3CCN(C(=O)OC(C)(C)C)CC3)nc2n1-c1ccc(OC(F)(F)F)c(Cl)c1)(C(C)C)C(C)C. The number of aromatic nitrogens is 3. The summed E-state index contributed by atoms with van der Waals surface area (Å²) in [7, 11) is -2.16. The third-order valence-electron chi connectivity index (χ3n) is 8.40. The van der Waals surface area contributed by atoms with Crippen molar-refractivity contribution in [1.82, 2.24) is 19.4 Å². The maximum absolute atomic E-state index is 13.0. The number of amides is 1. The van der Waals surface area contributed by atoms with E-state index < -0.39 is 25.8 Å². The van der Waals surface area contributed by atoms with E-state index in [1.54, 1.807) is 9.47 Å². The Balaban J connectivity index is 1.80. The highest BCUT2D eigenvalue weighted by atomic mass is 35.5. The van der Waals surface area contributed by atoms with E-state index in [-0.39, 0.29) is 11.1 Å². The fourth-order valence-corrected chi connectivity index (χ4v) is 11.7. The number of piperazine rings is 1. The molecule has 0 radical (unpaired) electrons. The lowest BCUT2D eigenvalue weighted by Gasteiger charge is -2.38. The molecule has 2 aromatic heterocycles. The van der Waals surface area contributed by atoms with Crippen LogP contribution in [-0.4, -0.2) is 71.7 Å². The molecule has 1 aliphatic heterocycles. The Morgan fingerprint density at radius 1 is 0.935 bits per heavy atom. The van der Waals surface area contributed by atoms with Gasteiger partial charge in [-0.2, -0.15) is 0 Å². The van der Waals surface area contributed by atoms with Gasteiger partial charge in [-0.25, -0.2) is 14.8 Å². The Morgan fingerprint density at radius 3 is 2.07 bits per heavy atom. The van der Waals surface area contributed by atoms with Gasteiger partial charge < -0.3 is 19.3 Å². The number of hydrogen-bond acceptors (Lipinski definition) is 6.